The summed E-state index contributed by atoms with van der Waals surface area (Å²) in [5.74, 6) is 2.05. The zero-order chi connectivity index (χ0) is 17.6. The smallest absolute Gasteiger partial charge is 0.157 e. The maximum absolute atomic E-state index is 11.2. The Labute approximate surface area is 148 Å². The van der Waals surface area contributed by atoms with Crippen molar-refractivity contribution in [1.82, 2.24) is 0 Å². The van der Waals surface area contributed by atoms with E-state index in [-0.39, 0.29) is 11.3 Å². The van der Waals surface area contributed by atoms with Crippen molar-refractivity contribution in [3.05, 3.63) is 53.6 Å². The molecule has 2 aromatic carbocycles. The van der Waals surface area contributed by atoms with Crippen LogP contribution in [0.3, 0.4) is 0 Å². The van der Waals surface area contributed by atoms with Gasteiger partial charge in [0.1, 0.15) is 17.2 Å². The lowest BCUT2D eigenvalue weighted by molar-refractivity contribution is 0.111. The number of hydrogen-bond acceptors (Lipinski definition) is 4. The molecule has 1 saturated carbocycles. The van der Waals surface area contributed by atoms with E-state index in [1.54, 1.807) is 19.2 Å². The Bertz CT molecular complexity index is 726. The molecule has 1 fully saturated rings. The van der Waals surface area contributed by atoms with Gasteiger partial charge in [0.2, 0.25) is 0 Å². The number of benzene rings is 2. The van der Waals surface area contributed by atoms with Crippen molar-refractivity contribution in [2.24, 2.45) is 5.92 Å². The zero-order valence-electron chi connectivity index (χ0n) is 14.5. The maximum atomic E-state index is 11.2. The number of aromatic hydroxyl groups is 1. The van der Waals surface area contributed by atoms with Gasteiger partial charge in [-0.15, -0.1) is 0 Å². The van der Waals surface area contributed by atoms with Crippen LogP contribution in [0, 0.1) is 5.92 Å². The Hall–Kier alpha value is -2.49. The van der Waals surface area contributed by atoms with Gasteiger partial charge in [0, 0.05) is 0 Å². The summed E-state index contributed by atoms with van der Waals surface area (Å²) in [6.45, 7) is 0.521. The van der Waals surface area contributed by atoms with E-state index in [1.165, 1.54) is 24.5 Å². The molecule has 0 saturated heterocycles. The molecule has 25 heavy (non-hydrogen) atoms. The summed E-state index contributed by atoms with van der Waals surface area (Å²) in [6.07, 6.45) is 5.21. The second kappa shape index (κ2) is 8.06. The van der Waals surface area contributed by atoms with Gasteiger partial charge in [-0.2, -0.15) is 0 Å². The molecule has 3 rings (SSSR count). The summed E-state index contributed by atoms with van der Waals surface area (Å²) in [6, 6.07) is 13.1. The van der Waals surface area contributed by atoms with Gasteiger partial charge >= 0.3 is 0 Å². The molecule has 0 aromatic heterocycles. The minimum absolute atomic E-state index is 0.0441. The van der Waals surface area contributed by atoms with Crippen molar-refractivity contribution < 1.29 is 19.4 Å². The fraction of sp³-hybridized carbons (Fsp3) is 0.381. The number of aldehydes is 1. The first-order valence-electron chi connectivity index (χ1n) is 8.77. The first-order chi connectivity index (χ1) is 12.2. The number of carbonyl (C=O) groups is 1. The Morgan fingerprint density at radius 3 is 2.64 bits per heavy atom. The highest BCUT2D eigenvalue weighted by Crippen LogP contribution is 2.41. The van der Waals surface area contributed by atoms with Crippen LogP contribution in [0.1, 0.15) is 47.5 Å². The van der Waals surface area contributed by atoms with Crippen molar-refractivity contribution in [2.45, 2.75) is 31.6 Å². The van der Waals surface area contributed by atoms with Gasteiger partial charge in [-0.25, -0.2) is 0 Å². The molecule has 4 nitrogen and oxygen atoms in total. The third-order valence-electron chi connectivity index (χ3n) is 5.06. The van der Waals surface area contributed by atoms with E-state index in [0.717, 1.165) is 18.6 Å². The number of carbonyl (C=O) groups excluding carboxylic acids is 1. The third kappa shape index (κ3) is 3.78. The lowest BCUT2D eigenvalue weighted by Crippen LogP contribution is -2.24. The van der Waals surface area contributed by atoms with E-state index in [2.05, 4.69) is 6.07 Å². The van der Waals surface area contributed by atoms with E-state index in [1.807, 2.05) is 18.2 Å². The molecule has 2 aromatic rings. The van der Waals surface area contributed by atoms with Crippen LogP contribution in [0.4, 0.5) is 0 Å². The number of ether oxygens (including phenoxy) is 2. The molecule has 0 bridgehead atoms. The first-order valence-corrected chi connectivity index (χ1v) is 8.77. The SMILES string of the molecule is COc1ccccc1C1CCCCC1COc1cccc(O)c1C=O. The van der Waals surface area contributed by atoms with E-state index < -0.39 is 0 Å². The minimum atomic E-state index is -0.0441. The van der Waals surface area contributed by atoms with E-state index >= 15 is 0 Å². The standard InChI is InChI=1S/C21H24O4/c1-24-20-11-5-4-9-17(20)16-8-3-2-7-15(16)14-25-21-12-6-10-19(23)18(21)13-22/h4-6,9-13,15-16,23H,2-3,7-8,14H2,1H3. The van der Waals surface area contributed by atoms with E-state index in [0.29, 0.717) is 30.5 Å². The highest BCUT2D eigenvalue weighted by atomic mass is 16.5. The van der Waals surface area contributed by atoms with Crippen LogP contribution in [-0.4, -0.2) is 25.1 Å². The van der Waals surface area contributed by atoms with E-state index in [9.17, 15) is 9.90 Å². The van der Waals surface area contributed by atoms with Crippen molar-refractivity contribution >= 4 is 6.29 Å². The van der Waals surface area contributed by atoms with Crippen molar-refractivity contribution in [1.29, 1.82) is 0 Å². The molecule has 0 spiro atoms. The monoisotopic (exact) mass is 340 g/mol. The fourth-order valence-electron chi connectivity index (χ4n) is 3.76. The van der Waals surface area contributed by atoms with Gasteiger partial charge in [0.15, 0.2) is 6.29 Å². The quantitative estimate of drug-likeness (QED) is 0.783. The molecule has 2 unspecified atom stereocenters. The maximum Gasteiger partial charge on any atom is 0.157 e. The zero-order valence-corrected chi connectivity index (χ0v) is 14.5. The summed E-state index contributed by atoms with van der Waals surface area (Å²) in [5, 5.41) is 9.80. The molecule has 1 N–H and O–H groups in total. The van der Waals surface area contributed by atoms with Crippen molar-refractivity contribution in [2.75, 3.05) is 13.7 Å². The number of rotatable bonds is 6. The molecule has 2 atom stereocenters. The molecule has 0 heterocycles. The van der Waals surface area contributed by atoms with Crippen LogP contribution >= 0.6 is 0 Å². The predicted molar refractivity (Wildman–Crippen MR) is 96.7 cm³/mol. The van der Waals surface area contributed by atoms with Gasteiger partial charge < -0.3 is 14.6 Å². The molecule has 1 aliphatic carbocycles. The van der Waals surface area contributed by atoms with Crippen LogP contribution in [0.2, 0.25) is 0 Å². The Kier molecular flexibility index (Phi) is 5.59. The minimum Gasteiger partial charge on any atom is -0.507 e. The highest BCUT2D eigenvalue weighted by molar-refractivity contribution is 5.83. The first kappa shape index (κ1) is 17.3. The second-order valence-corrected chi connectivity index (χ2v) is 6.51. The van der Waals surface area contributed by atoms with Crippen molar-refractivity contribution in [3.8, 4) is 17.2 Å². The topological polar surface area (TPSA) is 55.8 Å². The third-order valence-corrected chi connectivity index (χ3v) is 5.06. The number of phenols is 1. The molecule has 0 aliphatic heterocycles. The van der Waals surface area contributed by atoms with Crippen molar-refractivity contribution in [3.63, 3.8) is 0 Å². The normalized spacial score (nSPS) is 20.0. The number of methoxy groups -OCH3 is 1. The highest BCUT2D eigenvalue weighted by Gasteiger charge is 2.29. The fourth-order valence-corrected chi connectivity index (χ4v) is 3.76. The Morgan fingerprint density at radius 1 is 1.08 bits per heavy atom. The molecule has 132 valence electrons. The van der Waals surface area contributed by atoms with Gasteiger partial charge in [-0.3, -0.25) is 4.79 Å². The summed E-state index contributed by atoms with van der Waals surface area (Å²) >= 11 is 0. The number of phenolic OH excluding ortho intramolecular Hbond substituents is 1. The predicted octanol–water partition coefficient (Wildman–Crippen LogP) is 4.57. The average molecular weight is 340 g/mol. The Morgan fingerprint density at radius 2 is 1.84 bits per heavy atom. The lowest BCUT2D eigenvalue weighted by atomic mass is 9.75. The Balaban J connectivity index is 1.78. The molecule has 0 amide bonds. The summed E-state index contributed by atoms with van der Waals surface area (Å²) in [7, 11) is 1.70. The van der Waals surface area contributed by atoms with E-state index in [4.69, 9.17) is 9.47 Å². The average Bonchev–Trinajstić information content (AvgIpc) is 2.66. The summed E-state index contributed by atoms with van der Waals surface area (Å²) in [4.78, 5) is 11.2. The van der Waals surface area contributed by atoms with Crippen LogP contribution in [-0.2, 0) is 0 Å². The van der Waals surface area contributed by atoms with Gasteiger partial charge in [-0.1, -0.05) is 37.1 Å². The molecular formula is C21H24O4. The van der Waals surface area contributed by atoms with Crippen LogP contribution in [0.5, 0.6) is 17.2 Å². The largest absolute Gasteiger partial charge is 0.507 e. The molecule has 1 aliphatic rings. The number of hydrogen-bond donors (Lipinski definition) is 1. The summed E-state index contributed by atoms with van der Waals surface area (Å²) in [5.41, 5.74) is 1.44. The molecule has 0 radical (unpaired) electrons. The van der Waals surface area contributed by atoms with Crippen LogP contribution < -0.4 is 9.47 Å². The van der Waals surface area contributed by atoms with Crippen LogP contribution in [0.25, 0.3) is 0 Å². The second-order valence-electron chi connectivity index (χ2n) is 6.51. The lowest BCUT2D eigenvalue weighted by Gasteiger charge is -2.32. The molecule has 4 heteroatoms. The van der Waals surface area contributed by atoms with Gasteiger partial charge in [0.05, 0.1) is 19.3 Å². The number of para-hydroxylation sites is 1. The van der Waals surface area contributed by atoms with Gasteiger partial charge in [0.25, 0.3) is 0 Å². The van der Waals surface area contributed by atoms with Crippen LogP contribution in [0.15, 0.2) is 42.5 Å². The molecular weight excluding hydrogens is 316 g/mol. The summed E-state index contributed by atoms with van der Waals surface area (Å²) < 4.78 is 11.5. The van der Waals surface area contributed by atoms with Gasteiger partial charge in [-0.05, 0) is 48.4 Å².